The molecule has 0 atom stereocenters. The van der Waals surface area contributed by atoms with Crippen molar-refractivity contribution in [3.05, 3.63) is 45.0 Å². The number of nitrogens with zero attached hydrogens (tertiary/aromatic N) is 2. The van der Waals surface area contributed by atoms with Crippen LogP contribution in [0.4, 0.5) is 5.69 Å². The van der Waals surface area contributed by atoms with E-state index < -0.39 is 4.92 Å². The van der Waals surface area contributed by atoms with E-state index in [1.807, 2.05) is 0 Å². The van der Waals surface area contributed by atoms with Gasteiger partial charge in [-0.15, -0.1) is 0 Å². The Kier molecular flexibility index (Phi) is 3.21. The summed E-state index contributed by atoms with van der Waals surface area (Å²) < 4.78 is 0. The fourth-order valence-corrected chi connectivity index (χ4v) is 1.09. The van der Waals surface area contributed by atoms with Gasteiger partial charge in [0, 0.05) is 12.1 Å². The van der Waals surface area contributed by atoms with Crippen LogP contribution in [0.25, 0.3) is 6.08 Å². The van der Waals surface area contributed by atoms with Gasteiger partial charge in [-0.3, -0.25) is 10.1 Å². The minimum atomic E-state index is -0.563. The molecule has 0 radical (unpaired) electrons. The van der Waals surface area contributed by atoms with E-state index >= 15 is 0 Å². The number of hydrogen-bond acceptors (Lipinski definition) is 3. The molecule has 1 rings (SSSR count). The first-order chi connectivity index (χ1) is 6.65. The molecule has 0 aliphatic rings. The molecule has 0 saturated carbocycles. The van der Waals surface area contributed by atoms with Crippen LogP contribution < -0.4 is 0 Å². The molecular weight excluding hydrogens is 204 g/mol. The lowest BCUT2D eigenvalue weighted by Crippen LogP contribution is -1.89. The summed E-state index contributed by atoms with van der Waals surface area (Å²) in [4.78, 5) is 9.92. The zero-order valence-corrected chi connectivity index (χ0v) is 7.73. The summed E-state index contributed by atoms with van der Waals surface area (Å²) in [6, 6.07) is 6.14. The lowest BCUT2D eigenvalue weighted by molar-refractivity contribution is -0.384. The highest BCUT2D eigenvalue weighted by atomic mass is 35.5. The second-order valence-corrected chi connectivity index (χ2v) is 2.84. The molecule has 0 N–H and O–H groups in total. The summed E-state index contributed by atoms with van der Waals surface area (Å²) in [5, 5.41) is 18.8. The standard InChI is InChI=1S/C9H5ClN2O2/c10-8-4-3-7(2-1-5-11)6-9(8)12(13)14/h1-4,6H/b2-1-. The molecule has 0 fully saturated rings. The van der Waals surface area contributed by atoms with E-state index in [1.54, 1.807) is 12.1 Å². The van der Waals surface area contributed by atoms with E-state index in [0.29, 0.717) is 5.56 Å². The van der Waals surface area contributed by atoms with Crippen LogP contribution in [-0.4, -0.2) is 4.92 Å². The van der Waals surface area contributed by atoms with Crippen molar-refractivity contribution >= 4 is 23.4 Å². The summed E-state index contributed by atoms with van der Waals surface area (Å²) in [7, 11) is 0. The average Bonchev–Trinajstić information content (AvgIpc) is 2.16. The van der Waals surface area contributed by atoms with Gasteiger partial charge in [0.05, 0.1) is 11.0 Å². The Morgan fingerprint density at radius 2 is 2.29 bits per heavy atom. The number of hydrogen-bond donors (Lipinski definition) is 0. The molecule has 1 aromatic rings. The van der Waals surface area contributed by atoms with Crippen LogP contribution in [-0.2, 0) is 0 Å². The lowest BCUT2D eigenvalue weighted by atomic mass is 10.2. The summed E-state index contributed by atoms with van der Waals surface area (Å²) >= 11 is 5.59. The Bertz CT molecular complexity index is 435. The molecular formula is C9H5ClN2O2. The van der Waals surface area contributed by atoms with E-state index in [-0.39, 0.29) is 10.7 Å². The second kappa shape index (κ2) is 4.40. The molecule has 70 valence electrons. The average molecular weight is 209 g/mol. The third kappa shape index (κ3) is 2.31. The lowest BCUT2D eigenvalue weighted by Gasteiger charge is -1.96. The van der Waals surface area contributed by atoms with Crippen molar-refractivity contribution in [1.29, 1.82) is 5.26 Å². The highest BCUT2D eigenvalue weighted by Gasteiger charge is 2.11. The van der Waals surface area contributed by atoms with Crippen molar-refractivity contribution in [3.63, 3.8) is 0 Å². The van der Waals surface area contributed by atoms with Crippen LogP contribution in [0.2, 0.25) is 5.02 Å². The molecule has 0 saturated heterocycles. The summed E-state index contributed by atoms with van der Waals surface area (Å²) in [5.41, 5.74) is 0.411. The van der Waals surface area contributed by atoms with Crippen LogP contribution in [0.15, 0.2) is 24.3 Å². The van der Waals surface area contributed by atoms with Gasteiger partial charge in [0.15, 0.2) is 0 Å². The predicted octanol–water partition coefficient (Wildman–Crippen LogP) is 2.78. The molecule has 14 heavy (non-hydrogen) atoms. The molecule has 0 bridgehead atoms. The van der Waals surface area contributed by atoms with Crippen LogP contribution in [0.5, 0.6) is 0 Å². The van der Waals surface area contributed by atoms with Gasteiger partial charge in [-0.2, -0.15) is 5.26 Å². The zero-order chi connectivity index (χ0) is 10.6. The van der Waals surface area contributed by atoms with Crippen LogP contribution >= 0.6 is 11.6 Å². The number of halogens is 1. The number of benzene rings is 1. The van der Waals surface area contributed by atoms with Crippen molar-refractivity contribution in [2.45, 2.75) is 0 Å². The van der Waals surface area contributed by atoms with Gasteiger partial charge in [-0.1, -0.05) is 17.7 Å². The van der Waals surface area contributed by atoms with Crippen molar-refractivity contribution in [2.75, 3.05) is 0 Å². The first-order valence-electron chi connectivity index (χ1n) is 3.65. The molecule has 0 aromatic heterocycles. The quantitative estimate of drug-likeness (QED) is 0.426. The Morgan fingerprint density at radius 1 is 1.57 bits per heavy atom. The van der Waals surface area contributed by atoms with Crippen LogP contribution in [0.1, 0.15) is 5.56 Å². The molecule has 0 heterocycles. The maximum atomic E-state index is 10.5. The topological polar surface area (TPSA) is 66.9 Å². The Morgan fingerprint density at radius 3 is 2.86 bits per heavy atom. The summed E-state index contributed by atoms with van der Waals surface area (Å²) in [6.07, 6.45) is 2.72. The number of nitriles is 1. The number of allylic oxidation sites excluding steroid dienone is 1. The van der Waals surface area contributed by atoms with Gasteiger partial charge >= 0.3 is 0 Å². The Labute approximate surface area is 85.2 Å². The number of nitro groups is 1. The van der Waals surface area contributed by atoms with Crippen molar-refractivity contribution in [2.24, 2.45) is 0 Å². The van der Waals surface area contributed by atoms with Crippen LogP contribution in [0, 0.1) is 21.4 Å². The van der Waals surface area contributed by atoms with E-state index in [9.17, 15) is 10.1 Å². The van der Waals surface area contributed by atoms with E-state index in [2.05, 4.69) is 0 Å². The third-order valence-corrected chi connectivity index (χ3v) is 1.84. The second-order valence-electron chi connectivity index (χ2n) is 2.43. The third-order valence-electron chi connectivity index (χ3n) is 1.52. The van der Waals surface area contributed by atoms with Crippen molar-refractivity contribution in [3.8, 4) is 6.07 Å². The fourth-order valence-electron chi connectivity index (χ4n) is 0.907. The summed E-state index contributed by atoms with van der Waals surface area (Å²) in [6.45, 7) is 0. The smallest absolute Gasteiger partial charge is 0.258 e. The fraction of sp³-hybridized carbons (Fsp3) is 0. The van der Waals surface area contributed by atoms with E-state index in [1.165, 1.54) is 24.3 Å². The normalized spacial score (nSPS) is 10.0. The largest absolute Gasteiger partial charge is 0.288 e. The molecule has 0 unspecified atom stereocenters. The van der Waals surface area contributed by atoms with Gasteiger partial charge in [0.1, 0.15) is 5.02 Å². The molecule has 1 aromatic carbocycles. The SMILES string of the molecule is N#C/C=C\c1ccc(Cl)c([N+](=O)[O-])c1. The number of nitro benzene ring substituents is 1. The molecule has 4 nitrogen and oxygen atoms in total. The van der Waals surface area contributed by atoms with Crippen molar-refractivity contribution in [1.82, 2.24) is 0 Å². The Balaban J connectivity index is 3.14. The van der Waals surface area contributed by atoms with Gasteiger partial charge in [-0.25, -0.2) is 0 Å². The monoisotopic (exact) mass is 208 g/mol. The van der Waals surface area contributed by atoms with E-state index in [4.69, 9.17) is 16.9 Å². The van der Waals surface area contributed by atoms with Gasteiger partial charge in [0.2, 0.25) is 0 Å². The highest BCUT2D eigenvalue weighted by molar-refractivity contribution is 6.32. The summed E-state index contributed by atoms with van der Waals surface area (Å²) in [5.74, 6) is 0. The van der Waals surface area contributed by atoms with E-state index in [0.717, 1.165) is 0 Å². The van der Waals surface area contributed by atoms with Gasteiger partial charge < -0.3 is 0 Å². The van der Waals surface area contributed by atoms with Crippen LogP contribution in [0.3, 0.4) is 0 Å². The number of rotatable bonds is 2. The maximum Gasteiger partial charge on any atom is 0.288 e. The first kappa shape index (κ1) is 10.2. The maximum absolute atomic E-state index is 10.5. The minimum absolute atomic E-state index is 0.0871. The predicted molar refractivity (Wildman–Crippen MR) is 52.8 cm³/mol. The van der Waals surface area contributed by atoms with Gasteiger partial charge in [0.25, 0.3) is 5.69 Å². The Hall–Kier alpha value is -1.86. The molecule has 0 aliphatic carbocycles. The van der Waals surface area contributed by atoms with Gasteiger partial charge in [-0.05, 0) is 17.7 Å². The molecule has 5 heteroatoms. The molecule has 0 spiro atoms. The first-order valence-corrected chi connectivity index (χ1v) is 4.03. The molecule has 0 amide bonds. The zero-order valence-electron chi connectivity index (χ0n) is 6.98. The minimum Gasteiger partial charge on any atom is -0.258 e. The molecule has 0 aliphatic heterocycles. The highest BCUT2D eigenvalue weighted by Crippen LogP contribution is 2.25. The van der Waals surface area contributed by atoms with Crippen molar-refractivity contribution < 1.29 is 4.92 Å².